The topological polar surface area (TPSA) is 38.2 Å². The summed E-state index contributed by atoms with van der Waals surface area (Å²) < 4.78 is 5.82. The van der Waals surface area contributed by atoms with Gasteiger partial charge in [0.2, 0.25) is 0 Å². The number of ether oxygens (including phenoxy) is 1. The van der Waals surface area contributed by atoms with Crippen molar-refractivity contribution in [2.24, 2.45) is 0 Å². The summed E-state index contributed by atoms with van der Waals surface area (Å²) in [5, 5.41) is 3.62. The van der Waals surface area contributed by atoms with E-state index >= 15 is 0 Å². The van der Waals surface area contributed by atoms with Crippen molar-refractivity contribution in [3.05, 3.63) is 39.6 Å². The number of morpholine rings is 1. The van der Waals surface area contributed by atoms with Gasteiger partial charge in [-0.1, -0.05) is 11.6 Å². The van der Waals surface area contributed by atoms with Gasteiger partial charge in [-0.2, -0.15) is 0 Å². The fraction of sp³-hybridized carbons (Fsp3) is 0.385. The normalized spacial score (nSPS) is 19.7. The zero-order chi connectivity index (χ0) is 13.2. The molecule has 0 radical (unpaired) electrons. The number of anilines is 1. The Morgan fingerprint density at radius 1 is 1.53 bits per heavy atom. The summed E-state index contributed by atoms with van der Waals surface area (Å²) >= 11 is 7.60. The van der Waals surface area contributed by atoms with Gasteiger partial charge in [0.05, 0.1) is 13.2 Å². The number of thiazole rings is 1. The number of nitrogens with zero attached hydrogens (tertiary/aromatic N) is 3. The summed E-state index contributed by atoms with van der Waals surface area (Å²) in [7, 11) is 0. The van der Waals surface area contributed by atoms with Crippen molar-refractivity contribution in [3.63, 3.8) is 0 Å². The standard InChI is InChI=1S/C13H14ClN3OS/c1-9-8-19-13(16-9)11-7-17(4-5-18-11)10-2-3-15-12(14)6-10/h2-3,6,8,11H,4-5,7H2,1H3. The number of rotatable bonds is 2. The number of hydrogen-bond donors (Lipinski definition) is 0. The van der Waals surface area contributed by atoms with E-state index in [0.717, 1.165) is 29.5 Å². The third kappa shape index (κ3) is 2.88. The van der Waals surface area contributed by atoms with Crippen LogP contribution in [-0.2, 0) is 4.74 Å². The molecule has 100 valence electrons. The van der Waals surface area contributed by atoms with Crippen molar-refractivity contribution in [1.29, 1.82) is 0 Å². The molecule has 3 rings (SSSR count). The lowest BCUT2D eigenvalue weighted by atomic mass is 10.2. The van der Waals surface area contributed by atoms with Crippen LogP contribution in [0.25, 0.3) is 0 Å². The molecular formula is C13H14ClN3OS. The molecule has 3 heterocycles. The van der Waals surface area contributed by atoms with E-state index in [-0.39, 0.29) is 6.10 Å². The Kier molecular flexibility index (Phi) is 3.68. The van der Waals surface area contributed by atoms with Crippen LogP contribution in [0.4, 0.5) is 5.69 Å². The summed E-state index contributed by atoms with van der Waals surface area (Å²) in [6, 6.07) is 3.86. The zero-order valence-corrected chi connectivity index (χ0v) is 12.1. The molecule has 0 amide bonds. The summed E-state index contributed by atoms with van der Waals surface area (Å²) in [4.78, 5) is 10.8. The highest BCUT2D eigenvalue weighted by Crippen LogP contribution is 2.28. The lowest BCUT2D eigenvalue weighted by molar-refractivity contribution is 0.0396. The van der Waals surface area contributed by atoms with E-state index in [9.17, 15) is 0 Å². The van der Waals surface area contributed by atoms with E-state index in [1.165, 1.54) is 0 Å². The maximum Gasteiger partial charge on any atom is 0.131 e. The predicted octanol–water partition coefficient (Wildman–Crippen LogP) is 3.08. The van der Waals surface area contributed by atoms with Crippen molar-refractivity contribution in [2.75, 3.05) is 24.6 Å². The van der Waals surface area contributed by atoms with Gasteiger partial charge in [-0.3, -0.25) is 0 Å². The van der Waals surface area contributed by atoms with Crippen LogP contribution in [0.2, 0.25) is 5.15 Å². The Bertz CT molecular complexity index is 575. The average molecular weight is 296 g/mol. The molecule has 0 N–H and O–H groups in total. The third-order valence-corrected chi connectivity index (χ3v) is 4.32. The fourth-order valence-corrected chi connectivity index (χ4v) is 3.15. The zero-order valence-electron chi connectivity index (χ0n) is 10.5. The Morgan fingerprint density at radius 2 is 2.42 bits per heavy atom. The number of aryl methyl sites for hydroxylation is 1. The van der Waals surface area contributed by atoms with Crippen LogP contribution in [0.1, 0.15) is 16.8 Å². The highest BCUT2D eigenvalue weighted by molar-refractivity contribution is 7.09. The molecule has 1 saturated heterocycles. The first kappa shape index (κ1) is 12.8. The molecule has 0 saturated carbocycles. The Labute approximate surface area is 121 Å². The Morgan fingerprint density at radius 3 is 3.16 bits per heavy atom. The lowest BCUT2D eigenvalue weighted by Crippen LogP contribution is -2.38. The third-order valence-electron chi connectivity index (χ3n) is 3.05. The predicted molar refractivity (Wildman–Crippen MR) is 77.0 cm³/mol. The molecule has 1 fully saturated rings. The molecular weight excluding hydrogens is 282 g/mol. The monoisotopic (exact) mass is 295 g/mol. The molecule has 4 nitrogen and oxygen atoms in total. The molecule has 19 heavy (non-hydrogen) atoms. The van der Waals surface area contributed by atoms with Crippen molar-refractivity contribution < 1.29 is 4.74 Å². The van der Waals surface area contributed by atoms with Crippen LogP contribution < -0.4 is 4.90 Å². The van der Waals surface area contributed by atoms with Crippen LogP contribution >= 0.6 is 22.9 Å². The molecule has 0 bridgehead atoms. The van der Waals surface area contributed by atoms with E-state index in [1.54, 1.807) is 17.5 Å². The maximum atomic E-state index is 5.94. The van der Waals surface area contributed by atoms with Crippen LogP contribution in [0.5, 0.6) is 0 Å². The summed E-state index contributed by atoms with van der Waals surface area (Å²) in [5.41, 5.74) is 2.13. The highest BCUT2D eigenvalue weighted by Gasteiger charge is 2.24. The lowest BCUT2D eigenvalue weighted by Gasteiger charge is -2.33. The van der Waals surface area contributed by atoms with Crippen LogP contribution in [0.15, 0.2) is 23.7 Å². The molecule has 1 aliphatic heterocycles. The molecule has 2 aromatic heterocycles. The minimum absolute atomic E-state index is 0.0411. The van der Waals surface area contributed by atoms with E-state index < -0.39 is 0 Å². The van der Waals surface area contributed by atoms with Crippen molar-refractivity contribution in [3.8, 4) is 0 Å². The average Bonchev–Trinajstić information content (AvgIpc) is 2.86. The first-order chi connectivity index (χ1) is 9.22. The van der Waals surface area contributed by atoms with Gasteiger partial charge in [-0.15, -0.1) is 11.3 Å². The molecule has 6 heteroatoms. The molecule has 1 aliphatic rings. The van der Waals surface area contributed by atoms with E-state index in [1.807, 2.05) is 19.1 Å². The van der Waals surface area contributed by atoms with Gasteiger partial charge < -0.3 is 9.64 Å². The smallest absolute Gasteiger partial charge is 0.131 e. The van der Waals surface area contributed by atoms with Crippen molar-refractivity contribution >= 4 is 28.6 Å². The second-order valence-corrected chi connectivity index (χ2v) is 5.75. The minimum atomic E-state index is 0.0411. The van der Waals surface area contributed by atoms with Crippen LogP contribution in [0.3, 0.4) is 0 Å². The van der Waals surface area contributed by atoms with E-state index in [0.29, 0.717) is 11.8 Å². The maximum absolute atomic E-state index is 5.94. The molecule has 0 aliphatic carbocycles. The van der Waals surface area contributed by atoms with Gasteiger partial charge in [0, 0.05) is 29.5 Å². The molecule has 1 atom stereocenters. The van der Waals surface area contributed by atoms with Crippen molar-refractivity contribution in [2.45, 2.75) is 13.0 Å². The Balaban J connectivity index is 1.78. The number of halogens is 1. The number of pyridine rings is 1. The fourth-order valence-electron chi connectivity index (χ4n) is 2.14. The first-order valence-corrected chi connectivity index (χ1v) is 7.38. The summed E-state index contributed by atoms with van der Waals surface area (Å²) in [6.45, 7) is 4.36. The minimum Gasteiger partial charge on any atom is -0.367 e. The molecule has 0 spiro atoms. The largest absolute Gasteiger partial charge is 0.367 e. The van der Waals surface area contributed by atoms with Crippen molar-refractivity contribution in [1.82, 2.24) is 9.97 Å². The molecule has 0 aromatic carbocycles. The summed E-state index contributed by atoms with van der Waals surface area (Å²) in [5.74, 6) is 0. The first-order valence-electron chi connectivity index (χ1n) is 6.12. The Hall–Kier alpha value is -1.17. The van der Waals surface area contributed by atoms with Crippen LogP contribution in [0, 0.1) is 6.92 Å². The van der Waals surface area contributed by atoms with Gasteiger partial charge >= 0.3 is 0 Å². The SMILES string of the molecule is Cc1csc(C2CN(c3ccnc(Cl)c3)CCO2)n1. The van der Waals surface area contributed by atoms with Crippen LogP contribution in [-0.4, -0.2) is 29.7 Å². The molecule has 2 aromatic rings. The number of aromatic nitrogens is 2. The van der Waals surface area contributed by atoms with E-state index in [2.05, 4.69) is 20.2 Å². The molecule has 1 unspecified atom stereocenters. The van der Waals surface area contributed by atoms with Gasteiger partial charge in [-0.05, 0) is 19.1 Å². The second-order valence-electron chi connectivity index (χ2n) is 4.47. The second kappa shape index (κ2) is 5.45. The van der Waals surface area contributed by atoms with Gasteiger partial charge in [0.1, 0.15) is 16.3 Å². The van der Waals surface area contributed by atoms with Gasteiger partial charge in [-0.25, -0.2) is 9.97 Å². The quantitative estimate of drug-likeness (QED) is 0.798. The highest BCUT2D eigenvalue weighted by atomic mass is 35.5. The number of hydrogen-bond acceptors (Lipinski definition) is 5. The summed E-state index contributed by atoms with van der Waals surface area (Å²) in [6.07, 6.45) is 1.77. The van der Waals surface area contributed by atoms with E-state index in [4.69, 9.17) is 16.3 Å². The van der Waals surface area contributed by atoms with Gasteiger partial charge in [0.25, 0.3) is 0 Å². The van der Waals surface area contributed by atoms with Gasteiger partial charge in [0.15, 0.2) is 0 Å².